The summed E-state index contributed by atoms with van der Waals surface area (Å²) >= 11 is 4.04. The number of amides is 2. The van der Waals surface area contributed by atoms with Crippen LogP contribution >= 0.6 is 27.7 Å². The van der Waals surface area contributed by atoms with Crippen LogP contribution in [-0.4, -0.2) is 46.4 Å². The van der Waals surface area contributed by atoms with E-state index in [4.69, 9.17) is 9.47 Å². The summed E-state index contributed by atoms with van der Waals surface area (Å²) < 4.78 is 10.8. The molecular formula is C17H18BrNO6S. The van der Waals surface area contributed by atoms with Crippen LogP contribution in [0.1, 0.15) is 26.3 Å². The molecule has 0 bridgehead atoms. The molecule has 9 heteroatoms. The lowest BCUT2D eigenvalue weighted by atomic mass is 10.2. The molecule has 0 unspecified atom stereocenters. The first-order chi connectivity index (χ1) is 12.2. The molecule has 7 nitrogen and oxygen atoms in total. The molecule has 1 aromatic carbocycles. The van der Waals surface area contributed by atoms with Crippen LogP contribution in [0.2, 0.25) is 0 Å². The summed E-state index contributed by atoms with van der Waals surface area (Å²) in [5, 5.41) is 9.31. The van der Waals surface area contributed by atoms with Gasteiger partial charge in [0.05, 0.1) is 17.6 Å². The summed E-state index contributed by atoms with van der Waals surface area (Å²) in [6.07, 6.45) is 1.17. The van der Waals surface area contributed by atoms with Gasteiger partial charge in [0, 0.05) is 4.47 Å². The Morgan fingerprint density at radius 3 is 2.69 bits per heavy atom. The number of carbonyl (C=O) groups excluding carboxylic acids is 3. The second kappa shape index (κ2) is 8.59. The highest BCUT2D eigenvalue weighted by Crippen LogP contribution is 2.37. The molecule has 1 aliphatic rings. The molecule has 2 amide bonds. The maximum absolute atomic E-state index is 12.4. The fraction of sp³-hybridized carbons (Fsp3) is 0.353. The van der Waals surface area contributed by atoms with Crippen LogP contribution in [0.3, 0.4) is 0 Å². The van der Waals surface area contributed by atoms with Crippen molar-refractivity contribution in [1.29, 1.82) is 0 Å². The quantitative estimate of drug-likeness (QED) is 0.530. The number of imide groups is 1. The lowest BCUT2D eigenvalue weighted by Crippen LogP contribution is -2.35. The Labute approximate surface area is 163 Å². The largest absolute Gasteiger partial charge is 0.504 e. The number of halogens is 1. The van der Waals surface area contributed by atoms with E-state index in [-0.39, 0.29) is 22.5 Å². The molecule has 26 heavy (non-hydrogen) atoms. The molecule has 1 heterocycles. The monoisotopic (exact) mass is 443 g/mol. The van der Waals surface area contributed by atoms with Gasteiger partial charge in [0.1, 0.15) is 6.54 Å². The van der Waals surface area contributed by atoms with E-state index in [1.165, 1.54) is 12.1 Å². The zero-order valence-electron chi connectivity index (χ0n) is 14.4. The van der Waals surface area contributed by atoms with E-state index in [1.807, 2.05) is 0 Å². The average Bonchev–Trinajstić information content (AvgIpc) is 2.79. The van der Waals surface area contributed by atoms with Gasteiger partial charge in [-0.15, -0.1) is 0 Å². The van der Waals surface area contributed by atoms with E-state index in [0.717, 1.165) is 16.7 Å². The van der Waals surface area contributed by atoms with E-state index >= 15 is 0 Å². The molecular weight excluding hydrogens is 426 g/mol. The number of benzene rings is 1. The maximum Gasteiger partial charge on any atom is 0.326 e. The summed E-state index contributed by atoms with van der Waals surface area (Å²) in [5.41, 5.74) is 0.557. The summed E-state index contributed by atoms with van der Waals surface area (Å²) in [6, 6.07) is 3.00. The first kappa shape index (κ1) is 20.3. The van der Waals surface area contributed by atoms with Crippen LogP contribution in [0.5, 0.6) is 11.5 Å². The predicted molar refractivity (Wildman–Crippen MR) is 101 cm³/mol. The van der Waals surface area contributed by atoms with Gasteiger partial charge in [-0.2, -0.15) is 0 Å². The van der Waals surface area contributed by atoms with Crippen LogP contribution < -0.4 is 4.74 Å². The van der Waals surface area contributed by atoms with Gasteiger partial charge in [0.2, 0.25) is 0 Å². The molecule has 2 rings (SSSR count). The molecule has 1 fully saturated rings. The van der Waals surface area contributed by atoms with Crippen molar-refractivity contribution in [2.24, 2.45) is 0 Å². The number of hydrogen-bond donors (Lipinski definition) is 1. The number of phenolic OH excluding ortho intramolecular Hbond substituents is 1. The fourth-order valence-corrected chi connectivity index (χ4v) is 3.42. The van der Waals surface area contributed by atoms with Crippen molar-refractivity contribution in [3.63, 3.8) is 0 Å². The van der Waals surface area contributed by atoms with Crippen molar-refractivity contribution < 1.29 is 29.0 Å². The third kappa shape index (κ3) is 4.79. The average molecular weight is 444 g/mol. The Kier molecular flexibility index (Phi) is 6.71. The van der Waals surface area contributed by atoms with Gasteiger partial charge in [0.25, 0.3) is 11.1 Å². The normalized spacial score (nSPS) is 15.9. The van der Waals surface area contributed by atoms with Crippen LogP contribution in [0.4, 0.5) is 4.79 Å². The summed E-state index contributed by atoms with van der Waals surface area (Å²) in [4.78, 5) is 37.2. The van der Waals surface area contributed by atoms with Crippen molar-refractivity contribution in [2.75, 3.05) is 13.2 Å². The zero-order chi connectivity index (χ0) is 19.4. The number of hydrogen-bond acceptors (Lipinski definition) is 7. The molecule has 0 saturated carbocycles. The Morgan fingerprint density at radius 1 is 1.38 bits per heavy atom. The molecule has 0 aliphatic carbocycles. The van der Waals surface area contributed by atoms with Gasteiger partial charge in [-0.25, -0.2) is 0 Å². The van der Waals surface area contributed by atoms with Crippen molar-refractivity contribution in [1.82, 2.24) is 4.90 Å². The van der Waals surface area contributed by atoms with Crippen LogP contribution in [0.25, 0.3) is 6.08 Å². The van der Waals surface area contributed by atoms with Gasteiger partial charge < -0.3 is 14.6 Å². The van der Waals surface area contributed by atoms with Gasteiger partial charge in [-0.3, -0.25) is 19.3 Å². The standard InChI is InChI=1S/C17H18BrNO6S/c1-4-24-13-5-10(11(18)7-12(13)20)6-14-16(22)19(17(23)26-14)8-15(21)25-9(2)3/h5-7,9,20H,4,8H2,1-3H3/b14-6-. The third-order valence-electron chi connectivity index (χ3n) is 3.19. The Hall–Kier alpha value is -2.00. The van der Waals surface area contributed by atoms with Gasteiger partial charge >= 0.3 is 5.97 Å². The number of rotatable bonds is 6. The zero-order valence-corrected chi connectivity index (χ0v) is 16.8. The highest BCUT2D eigenvalue weighted by molar-refractivity contribution is 9.10. The Balaban J connectivity index is 2.24. The highest BCUT2D eigenvalue weighted by atomic mass is 79.9. The lowest BCUT2D eigenvalue weighted by Gasteiger charge is -2.13. The SMILES string of the molecule is CCOc1cc(/C=C2\SC(=O)N(CC(=O)OC(C)C)C2=O)c(Br)cc1O. The molecule has 0 aromatic heterocycles. The molecule has 1 N–H and O–H groups in total. The van der Waals surface area contributed by atoms with Crippen LogP contribution in [0, 0.1) is 0 Å². The van der Waals surface area contributed by atoms with Crippen molar-refractivity contribution in [2.45, 2.75) is 26.9 Å². The Bertz CT molecular complexity index is 777. The maximum atomic E-state index is 12.4. The third-order valence-corrected chi connectivity index (χ3v) is 4.79. The minimum absolute atomic E-state index is 0.0413. The molecule has 0 radical (unpaired) electrons. The number of thioether (sulfide) groups is 1. The predicted octanol–water partition coefficient (Wildman–Crippen LogP) is 3.54. The first-order valence-corrected chi connectivity index (χ1v) is 9.44. The molecule has 0 atom stereocenters. The van der Waals surface area contributed by atoms with E-state index in [0.29, 0.717) is 16.6 Å². The topological polar surface area (TPSA) is 93.1 Å². The molecule has 1 aromatic rings. The minimum Gasteiger partial charge on any atom is -0.504 e. The number of esters is 1. The van der Waals surface area contributed by atoms with Gasteiger partial charge in [-0.05, 0) is 56.3 Å². The summed E-state index contributed by atoms with van der Waals surface area (Å²) in [7, 11) is 0. The number of nitrogens with zero attached hydrogens (tertiary/aromatic N) is 1. The van der Waals surface area contributed by atoms with Crippen LogP contribution in [-0.2, 0) is 14.3 Å². The van der Waals surface area contributed by atoms with E-state index in [2.05, 4.69) is 15.9 Å². The smallest absolute Gasteiger partial charge is 0.326 e. The van der Waals surface area contributed by atoms with E-state index in [1.54, 1.807) is 26.8 Å². The second-order valence-electron chi connectivity index (χ2n) is 5.58. The first-order valence-electron chi connectivity index (χ1n) is 7.83. The van der Waals surface area contributed by atoms with Crippen molar-refractivity contribution >= 4 is 50.9 Å². The molecule has 1 saturated heterocycles. The van der Waals surface area contributed by atoms with Crippen LogP contribution in [0.15, 0.2) is 21.5 Å². The summed E-state index contributed by atoms with van der Waals surface area (Å²) in [6.45, 7) is 5.08. The highest BCUT2D eigenvalue weighted by Gasteiger charge is 2.37. The van der Waals surface area contributed by atoms with Gasteiger partial charge in [0.15, 0.2) is 11.5 Å². The second-order valence-corrected chi connectivity index (χ2v) is 7.43. The molecule has 140 valence electrons. The molecule has 0 spiro atoms. The van der Waals surface area contributed by atoms with E-state index in [9.17, 15) is 19.5 Å². The van der Waals surface area contributed by atoms with Crippen molar-refractivity contribution in [3.8, 4) is 11.5 Å². The molecule has 1 aliphatic heterocycles. The minimum atomic E-state index is -0.645. The number of aromatic hydroxyl groups is 1. The van der Waals surface area contributed by atoms with E-state index < -0.39 is 23.7 Å². The number of phenols is 1. The fourth-order valence-electron chi connectivity index (χ4n) is 2.15. The lowest BCUT2D eigenvalue weighted by molar-refractivity contribution is -0.149. The van der Waals surface area contributed by atoms with Crippen molar-refractivity contribution in [3.05, 3.63) is 27.1 Å². The number of ether oxygens (including phenoxy) is 2. The Morgan fingerprint density at radius 2 is 2.08 bits per heavy atom. The van der Waals surface area contributed by atoms with Gasteiger partial charge in [-0.1, -0.05) is 15.9 Å². The number of carbonyl (C=O) groups is 3. The summed E-state index contributed by atoms with van der Waals surface area (Å²) in [5.74, 6) is -0.992.